The fraction of sp³-hybridized carbons (Fsp3) is 0.250. The van der Waals surface area contributed by atoms with Crippen LogP contribution in [0, 0.1) is 19.7 Å². The molecule has 1 aromatic heterocycles. The van der Waals surface area contributed by atoms with Gasteiger partial charge in [-0.05, 0) is 92.4 Å². The van der Waals surface area contributed by atoms with Crippen molar-refractivity contribution >= 4 is 43.1 Å². The van der Waals surface area contributed by atoms with E-state index in [1.807, 2.05) is 42.5 Å². The highest BCUT2D eigenvalue weighted by atomic mass is 79.9. The number of fused-ring (bicyclic) bond motifs is 1. The largest absolute Gasteiger partial charge is 0.465 e. The number of halogens is 2. The topological polar surface area (TPSA) is 44.8 Å². The number of carbonyl (C=O) groups excluding carboxylic acids is 1. The number of rotatable bonds is 6. The molecule has 2 heterocycles. The average Bonchev–Trinajstić information content (AvgIpc) is 3.18. The van der Waals surface area contributed by atoms with Crippen molar-refractivity contribution in [3.8, 4) is 17.2 Å². The second kappa shape index (κ2) is 10.1. The number of hydrogen-bond donors (Lipinski definition) is 0. The number of ketones is 1. The molecule has 1 aliphatic heterocycles. The Morgan fingerprint density at radius 1 is 1.03 bits per heavy atom. The molecule has 4 nitrogen and oxygen atoms in total. The van der Waals surface area contributed by atoms with Crippen molar-refractivity contribution in [3.05, 3.63) is 86.5 Å². The van der Waals surface area contributed by atoms with Gasteiger partial charge >= 0.3 is 0 Å². The summed E-state index contributed by atoms with van der Waals surface area (Å²) in [7, 11) is 0. The molecule has 1 fully saturated rings. The summed E-state index contributed by atoms with van der Waals surface area (Å²) in [6.45, 7) is 4.20. The fourth-order valence-electron chi connectivity index (χ4n) is 4.34. The predicted octanol–water partition coefficient (Wildman–Crippen LogP) is 8.35. The molecule has 0 saturated carbocycles. The molecule has 3 aromatic carbocycles. The number of hydrogen-bond acceptors (Lipinski definition) is 5. The van der Waals surface area contributed by atoms with Gasteiger partial charge in [-0.2, -0.15) is 0 Å². The summed E-state index contributed by atoms with van der Waals surface area (Å²) in [4.78, 5) is 14.2. The summed E-state index contributed by atoms with van der Waals surface area (Å²) in [6, 6.07) is 15.9. The van der Waals surface area contributed by atoms with Gasteiger partial charge in [-0.15, -0.1) is 11.3 Å². The van der Waals surface area contributed by atoms with Crippen LogP contribution in [0.15, 0.2) is 59.1 Å². The van der Waals surface area contributed by atoms with Crippen LogP contribution in [-0.4, -0.2) is 18.7 Å². The zero-order valence-electron chi connectivity index (χ0n) is 19.4. The fourth-order valence-corrected chi connectivity index (χ4v) is 5.71. The molecular formula is C28H24BrFO4S. The molecule has 35 heavy (non-hydrogen) atoms. The number of carbonyl (C=O) groups is 1. The summed E-state index contributed by atoms with van der Waals surface area (Å²) >= 11 is 4.79. The van der Waals surface area contributed by atoms with Gasteiger partial charge in [0.2, 0.25) is 5.78 Å². The Labute approximate surface area is 215 Å². The van der Waals surface area contributed by atoms with Crippen molar-refractivity contribution < 1.29 is 23.4 Å². The zero-order valence-corrected chi connectivity index (χ0v) is 21.8. The first-order valence-corrected chi connectivity index (χ1v) is 13.1. The monoisotopic (exact) mass is 554 g/mol. The maximum Gasteiger partial charge on any atom is 0.207 e. The molecule has 1 atom stereocenters. The zero-order chi connectivity index (χ0) is 24.5. The Morgan fingerprint density at radius 3 is 2.43 bits per heavy atom. The molecule has 0 N–H and O–H groups in total. The Hall–Kier alpha value is -2.74. The minimum Gasteiger partial charge on any atom is -0.465 e. The van der Waals surface area contributed by atoms with Crippen molar-refractivity contribution in [1.82, 2.24) is 0 Å². The second-order valence-electron chi connectivity index (χ2n) is 8.63. The third-order valence-corrected chi connectivity index (χ3v) is 7.65. The molecule has 0 radical (unpaired) electrons. The van der Waals surface area contributed by atoms with Crippen LogP contribution in [-0.2, 0) is 4.74 Å². The van der Waals surface area contributed by atoms with Crippen molar-refractivity contribution in [2.75, 3.05) is 6.61 Å². The maximum atomic E-state index is 13.9. The molecule has 0 spiro atoms. The molecule has 5 rings (SSSR count). The molecule has 1 aliphatic rings. The van der Waals surface area contributed by atoms with E-state index in [4.69, 9.17) is 14.2 Å². The normalized spacial score (nSPS) is 15.8. The van der Waals surface area contributed by atoms with Gasteiger partial charge in [0.05, 0.1) is 6.61 Å². The molecule has 0 aliphatic carbocycles. The first kappa shape index (κ1) is 24.0. The van der Waals surface area contributed by atoms with E-state index < -0.39 is 0 Å². The Balaban J connectivity index is 1.58. The van der Waals surface area contributed by atoms with E-state index >= 15 is 0 Å². The molecule has 0 bridgehead atoms. The molecule has 4 aromatic rings. The second-order valence-corrected chi connectivity index (χ2v) is 10.6. The lowest BCUT2D eigenvalue weighted by atomic mass is 9.97. The van der Waals surface area contributed by atoms with Gasteiger partial charge < -0.3 is 14.2 Å². The Morgan fingerprint density at radius 2 is 1.74 bits per heavy atom. The van der Waals surface area contributed by atoms with E-state index in [0.29, 0.717) is 45.4 Å². The van der Waals surface area contributed by atoms with Crippen LogP contribution in [0.2, 0.25) is 0 Å². The third-order valence-electron chi connectivity index (χ3n) is 5.99. The standard InChI is InChI=1S/C28H24BrFO4S/c1-16-13-19(30)14-17(2)25(16)26(31)28-27(34-20-8-6-18(29)7-9-20)22-11-10-21(15-23(22)35-28)33-24-5-3-4-12-32-24/h6-11,13-15,24H,3-5,12H2,1-2H3. The van der Waals surface area contributed by atoms with Crippen molar-refractivity contribution in [1.29, 1.82) is 0 Å². The number of benzene rings is 3. The van der Waals surface area contributed by atoms with E-state index in [-0.39, 0.29) is 17.9 Å². The van der Waals surface area contributed by atoms with Gasteiger partial charge in [-0.1, -0.05) is 15.9 Å². The van der Waals surface area contributed by atoms with Crippen molar-refractivity contribution in [3.63, 3.8) is 0 Å². The van der Waals surface area contributed by atoms with Crippen LogP contribution >= 0.6 is 27.3 Å². The lowest BCUT2D eigenvalue weighted by molar-refractivity contribution is -0.105. The van der Waals surface area contributed by atoms with Crippen LogP contribution in [0.5, 0.6) is 17.2 Å². The number of thiophene rings is 1. The summed E-state index contributed by atoms with van der Waals surface area (Å²) in [6.07, 6.45) is 2.72. The lowest BCUT2D eigenvalue weighted by Crippen LogP contribution is -2.24. The average molecular weight is 555 g/mol. The quantitative estimate of drug-likeness (QED) is 0.224. The lowest BCUT2D eigenvalue weighted by Gasteiger charge is -2.23. The van der Waals surface area contributed by atoms with Gasteiger partial charge in [0, 0.05) is 26.5 Å². The number of ether oxygens (including phenoxy) is 3. The van der Waals surface area contributed by atoms with E-state index in [2.05, 4.69) is 15.9 Å². The van der Waals surface area contributed by atoms with Crippen molar-refractivity contribution in [2.24, 2.45) is 0 Å². The van der Waals surface area contributed by atoms with Crippen LogP contribution in [0.25, 0.3) is 10.1 Å². The minimum absolute atomic E-state index is 0.189. The van der Waals surface area contributed by atoms with Crippen LogP contribution in [0.3, 0.4) is 0 Å². The van der Waals surface area contributed by atoms with Crippen molar-refractivity contribution in [2.45, 2.75) is 39.4 Å². The van der Waals surface area contributed by atoms with E-state index in [0.717, 1.165) is 33.8 Å². The van der Waals surface area contributed by atoms with Crippen LogP contribution in [0.4, 0.5) is 4.39 Å². The highest BCUT2D eigenvalue weighted by molar-refractivity contribution is 9.10. The maximum absolute atomic E-state index is 13.9. The molecule has 1 saturated heterocycles. The van der Waals surface area contributed by atoms with Crippen LogP contribution in [0.1, 0.15) is 45.6 Å². The highest BCUT2D eigenvalue weighted by Crippen LogP contribution is 2.43. The Bertz CT molecular complexity index is 1370. The highest BCUT2D eigenvalue weighted by Gasteiger charge is 2.25. The van der Waals surface area contributed by atoms with Gasteiger partial charge in [-0.3, -0.25) is 4.79 Å². The summed E-state index contributed by atoms with van der Waals surface area (Å²) < 4.78 is 33.8. The van der Waals surface area contributed by atoms with Gasteiger partial charge in [0.25, 0.3) is 0 Å². The first-order valence-electron chi connectivity index (χ1n) is 11.5. The third kappa shape index (κ3) is 5.13. The molecule has 0 amide bonds. The smallest absolute Gasteiger partial charge is 0.207 e. The molecule has 180 valence electrons. The van der Waals surface area contributed by atoms with Gasteiger partial charge in [-0.25, -0.2) is 4.39 Å². The summed E-state index contributed by atoms with van der Waals surface area (Å²) in [5.74, 6) is 1.25. The summed E-state index contributed by atoms with van der Waals surface area (Å²) in [5, 5.41) is 0.815. The molecule has 7 heteroatoms. The van der Waals surface area contributed by atoms with E-state index in [1.165, 1.54) is 23.5 Å². The SMILES string of the molecule is Cc1cc(F)cc(C)c1C(=O)c1sc2cc(OC3CCCCO3)ccc2c1Oc1ccc(Br)cc1. The minimum atomic E-state index is -0.356. The first-order chi connectivity index (χ1) is 16.9. The molecular weight excluding hydrogens is 531 g/mol. The van der Waals surface area contributed by atoms with E-state index in [9.17, 15) is 9.18 Å². The Kier molecular flexibility index (Phi) is 6.91. The van der Waals surface area contributed by atoms with Gasteiger partial charge in [0.1, 0.15) is 22.2 Å². The van der Waals surface area contributed by atoms with Gasteiger partial charge in [0.15, 0.2) is 12.0 Å². The van der Waals surface area contributed by atoms with E-state index in [1.54, 1.807) is 13.8 Å². The summed E-state index contributed by atoms with van der Waals surface area (Å²) in [5.41, 5.74) is 1.68. The molecule has 1 unspecified atom stereocenters. The number of aryl methyl sites for hydroxylation is 2. The van der Waals surface area contributed by atoms with Crippen LogP contribution < -0.4 is 9.47 Å². The predicted molar refractivity (Wildman–Crippen MR) is 140 cm³/mol.